The first-order valence-electron chi connectivity index (χ1n) is 9.40. The first-order chi connectivity index (χ1) is 12.3. The van der Waals surface area contributed by atoms with Crippen molar-refractivity contribution in [1.82, 2.24) is 4.57 Å². The average Bonchev–Trinajstić information content (AvgIpc) is 3.00. The largest absolute Gasteiger partial charge is 0.256 e. The van der Waals surface area contributed by atoms with Crippen molar-refractivity contribution in [3.05, 3.63) is 90.0 Å². The molecule has 0 amide bonds. The molecule has 1 heterocycles. The Labute approximate surface area is 151 Å². The fourth-order valence-corrected chi connectivity index (χ4v) is 3.63. The van der Waals surface area contributed by atoms with Crippen LogP contribution in [0.4, 0.5) is 0 Å². The van der Waals surface area contributed by atoms with E-state index in [-0.39, 0.29) is 0 Å². The molecule has 0 aliphatic heterocycles. The molecule has 3 aromatic rings. The number of aryl methyl sites for hydroxylation is 2. The Hall–Kier alpha value is -2.35. The molecule has 3 rings (SSSR count). The Bertz CT molecular complexity index is 759. The van der Waals surface area contributed by atoms with E-state index >= 15 is 0 Å². The molecule has 0 aliphatic carbocycles. The van der Waals surface area contributed by atoms with E-state index in [1.54, 1.807) is 0 Å². The quantitative estimate of drug-likeness (QED) is 0.529. The monoisotopic (exact) mass is 333 g/mol. The Balaban J connectivity index is 1.77. The van der Waals surface area contributed by atoms with Crippen LogP contribution in [-0.4, -0.2) is 4.57 Å². The van der Waals surface area contributed by atoms with E-state index in [0.717, 1.165) is 19.4 Å². The predicted octanol–water partition coefficient (Wildman–Crippen LogP) is 4.68. The van der Waals surface area contributed by atoms with Gasteiger partial charge in [-0.1, -0.05) is 67.6 Å². The summed E-state index contributed by atoms with van der Waals surface area (Å²) >= 11 is 0. The molecule has 0 bridgehead atoms. The second-order valence-electron chi connectivity index (χ2n) is 6.85. The van der Waals surface area contributed by atoms with Gasteiger partial charge in [0.05, 0.1) is 13.6 Å². The van der Waals surface area contributed by atoms with E-state index in [1.165, 1.54) is 29.8 Å². The highest BCUT2D eigenvalue weighted by molar-refractivity contribution is 5.24. The highest BCUT2D eigenvalue weighted by atomic mass is 15.1. The molecule has 0 saturated carbocycles. The number of imidazole rings is 1. The lowest BCUT2D eigenvalue weighted by molar-refractivity contribution is -0.678. The summed E-state index contributed by atoms with van der Waals surface area (Å²) in [7, 11) is 2.16. The predicted molar refractivity (Wildman–Crippen MR) is 104 cm³/mol. The Morgan fingerprint density at radius 2 is 1.64 bits per heavy atom. The minimum absolute atomic E-state index is 0.550. The van der Waals surface area contributed by atoms with Gasteiger partial charge < -0.3 is 0 Å². The molecule has 0 fully saturated rings. The van der Waals surface area contributed by atoms with E-state index in [0.29, 0.717) is 5.92 Å². The number of hydrogen-bond acceptors (Lipinski definition) is 0. The standard InChI is InChI=1S/C23H29N2/c1-3-16-25-18-17-24(2)23(25)15-14-22(21-12-8-5-9-13-21)19-20-10-6-4-7-11-20/h4-13,17-18,22H,3,14-16,19H2,1-2H3/q+1/t22-/m0/s1. The summed E-state index contributed by atoms with van der Waals surface area (Å²) in [5, 5.41) is 0. The van der Waals surface area contributed by atoms with Crippen molar-refractivity contribution >= 4 is 0 Å². The summed E-state index contributed by atoms with van der Waals surface area (Å²) in [6.45, 7) is 3.34. The fraction of sp³-hybridized carbons (Fsp3) is 0.348. The maximum absolute atomic E-state index is 2.41. The first-order valence-corrected chi connectivity index (χ1v) is 9.40. The zero-order chi connectivity index (χ0) is 17.5. The van der Waals surface area contributed by atoms with E-state index in [9.17, 15) is 0 Å². The molecule has 0 aliphatic rings. The van der Waals surface area contributed by atoms with Gasteiger partial charge in [-0.15, -0.1) is 0 Å². The molecule has 1 atom stereocenters. The van der Waals surface area contributed by atoms with Gasteiger partial charge in [-0.25, -0.2) is 9.13 Å². The normalized spacial score (nSPS) is 12.2. The second kappa shape index (κ2) is 8.66. The van der Waals surface area contributed by atoms with Crippen LogP contribution in [0.2, 0.25) is 0 Å². The van der Waals surface area contributed by atoms with Gasteiger partial charge in [0.15, 0.2) is 0 Å². The van der Waals surface area contributed by atoms with Crippen LogP contribution in [-0.2, 0) is 26.4 Å². The zero-order valence-electron chi connectivity index (χ0n) is 15.4. The number of nitrogens with zero attached hydrogens (tertiary/aromatic N) is 2. The van der Waals surface area contributed by atoms with Crippen LogP contribution in [0.3, 0.4) is 0 Å². The van der Waals surface area contributed by atoms with Crippen LogP contribution in [0.25, 0.3) is 0 Å². The maximum atomic E-state index is 2.41. The molecule has 25 heavy (non-hydrogen) atoms. The minimum atomic E-state index is 0.550. The Morgan fingerprint density at radius 1 is 0.960 bits per heavy atom. The highest BCUT2D eigenvalue weighted by Crippen LogP contribution is 2.25. The number of benzene rings is 2. The van der Waals surface area contributed by atoms with Crippen LogP contribution in [0.1, 0.15) is 42.6 Å². The number of rotatable bonds is 8. The van der Waals surface area contributed by atoms with Crippen molar-refractivity contribution in [2.75, 3.05) is 0 Å². The zero-order valence-corrected chi connectivity index (χ0v) is 15.4. The molecule has 1 aromatic heterocycles. The van der Waals surface area contributed by atoms with Gasteiger partial charge in [0.1, 0.15) is 12.4 Å². The van der Waals surface area contributed by atoms with Gasteiger partial charge in [-0.05, 0) is 36.3 Å². The molecule has 0 radical (unpaired) electrons. The summed E-state index contributed by atoms with van der Waals surface area (Å²) in [4.78, 5) is 0. The van der Waals surface area contributed by atoms with E-state index in [4.69, 9.17) is 0 Å². The van der Waals surface area contributed by atoms with Crippen LogP contribution >= 0.6 is 0 Å². The summed E-state index contributed by atoms with van der Waals surface area (Å²) in [6.07, 6.45) is 8.94. The van der Waals surface area contributed by atoms with Gasteiger partial charge in [-0.2, -0.15) is 0 Å². The first kappa shape index (κ1) is 17.5. The molecular formula is C23H29N2+. The third kappa shape index (κ3) is 4.60. The topological polar surface area (TPSA) is 8.81 Å². The van der Waals surface area contributed by atoms with Crippen molar-refractivity contribution in [3.8, 4) is 0 Å². The van der Waals surface area contributed by atoms with Crippen molar-refractivity contribution in [2.24, 2.45) is 7.05 Å². The molecule has 2 aromatic carbocycles. The third-order valence-electron chi connectivity index (χ3n) is 4.99. The van der Waals surface area contributed by atoms with Crippen molar-refractivity contribution in [1.29, 1.82) is 0 Å². The molecule has 0 N–H and O–H groups in total. The number of hydrogen-bond donors (Lipinski definition) is 0. The average molecular weight is 333 g/mol. The van der Waals surface area contributed by atoms with Crippen LogP contribution < -0.4 is 4.57 Å². The van der Waals surface area contributed by atoms with Crippen molar-refractivity contribution < 1.29 is 4.57 Å². The molecule has 0 unspecified atom stereocenters. The lowest BCUT2D eigenvalue weighted by Gasteiger charge is -2.17. The van der Waals surface area contributed by atoms with Crippen LogP contribution in [0.5, 0.6) is 0 Å². The molecule has 0 spiro atoms. The SMILES string of the molecule is CCCn1cc[n+](C)c1CC[C@@H](Cc1ccccc1)c1ccccc1. The summed E-state index contributed by atoms with van der Waals surface area (Å²) in [5.74, 6) is 1.98. The molecule has 2 nitrogen and oxygen atoms in total. The van der Waals surface area contributed by atoms with Gasteiger partial charge in [-0.3, -0.25) is 0 Å². The van der Waals surface area contributed by atoms with Gasteiger partial charge in [0.25, 0.3) is 5.82 Å². The lowest BCUT2D eigenvalue weighted by Crippen LogP contribution is -2.32. The van der Waals surface area contributed by atoms with Gasteiger partial charge >= 0.3 is 0 Å². The molecule has 2 heteroatoms. The van der Waals surface area contributed by atoms with Crippen molar-refractivity contribution in [2.45, 2.75) is 45.1 Å². The molecular weight excluding hydrogens is 304 g/mol. The maximum Gasteiger partial charge on any atom is 0.256 e. The van der Waals surface area contributed by atoms with Crippen LogP contribution in [0, 0.1) is 0 Å². The number of aromatic nitrogens is 2. The Kier molecular flexibility index (Phi) is 6.05. The summed E-state index contributed by atoms with van der Waals surface area (Å²) < 4.78 is 4.69. The molecule has 130 valence electrons. The highest BCUT2D eigenvalue weighted by Gasteiger charge is 2.18. The smallest absolute Gasteiger partial charge is 0.237 e. The van der Waals surface area contributed by atoms with E-state index in [2.05, 4.69) is 96.2 Å². The lowest BCUT2D eigenvalue weighted by atomic mass is 9.88. The molecule has 0 saturated heterocycles. The third-order valence-corrected chi connectivity index (χ3v) is 4.99. The summed E-state index contributed by atoms with van der Waals surface area (Å²) in [6, 6.07) is 21.9. The van der Waals surface area contributed by atoms with Crippen molar-refractivity contribution in [3.63, 3.8) is 0 Å². The van der Waals surface area contributed by atoms with Gasteiger partial charge in [0.2, 0.25) is 0 Å². The fourth-order valence-electron chi connectivity index (χ4n) is 3.63. The summed E-state index contributed by atoms with van der Waals surface area (Å²) in [5.41, 5.74) is 2.87. The van der Waals surface area contributed by atoms with Crippen LogP contribution in [0.15, 0.2) is 73.1 Å². The minimum Gasteiger partial charge on any atom is -0.237 e. The van der Waals surface area contributed by atoms with E-state index in [1.807, 2.05) is 0 Å². The Morgan fingerprint density at radius 3 is 2.32 bits per heavy atom. The van der Waals surface area contributed by atoms with E-state index < -0.39 is 0 Å². The van der Waals surface area contributed by atoms with Gasteiger partial charge in [0, 0.05) is 6.42 Å². The second-order valence-corrected chi connectivity index (χ2v) is 6.85.